The van der Waals surface area contributed by atoms with Crippen LogP contribution >= 0.6 is 0 Å². The van der Waals surface area contributed by atoms with Crippen molar-refractivity contribution in [3.63, 3.8) is 0 Å². The Bertz CT molecular complexity index is 557. The van der Waals surface area contributed by atoms with Crippen molar-refractivity contribution in [2.45, 2.75) is 44.9 Å². The van der Waals surface area contributed by atoms with Gasteiger partial charge in [0.25, 0.3) is 23.6 Å². The SMILES string of the molecule is CN1C(=O)C=CC1=O.O=C(ON1C(=O)CCC1=O)C1CCCCC1. The first-order valence-electron chi connectivity index (χ1n) is 7.97. The van der Waals surface area contributed by atoms with Gasteiger partial charge in [-0.2, -0.15) is 0 Å². The molecule has 2 aliphatic heterocycles. The smallest absolute Gasteiger partial charge is 0.330 e. The van der Waals surface area contributed by atoms with Crippen LogP contribution in [-0.2, 0) is 28.8 Å². The Morgan fingerprint density at radius 1 is 0.958 bits per heavy atom. The highest BCUT2D eigenvalue weighted by atomic mass is 16.7. The van der Waals surface area contributed by atoms with E-state index in [9.17, 15) is 24.0 Å². The molecule has 0 aromatic heterocycles. The second-order valence-electron chi connectivity index (χ2n) is 5.90. The summed E-state index contributed by atoms with van der Waals surface area (Å²) >= 11 is 0. The molecule has 1 aliphatic carbocycles. The number of hydrogen-bond acceptors (Lipinski definition) is 6. The van der Waals surface area contributed by atoms with Crippen molar-refractivity contribution >= 4 is 29.6 Å². The van der Waals surface area contributed by atoms with Crippen LogP contribution in [0.4, 0.5) is 0 Å². The van der Waals surface area contributed by atoms with Crippen molar-refractivity contribution in [1.29, 1.82) is 0 Å². The van der Waals surface area contributed by atoms with Crippen molar-refractivity contribution in [1.82, 2.24) is 9.96 Å². The number of imide groups is 2. The number of carbonyl (C=O) groups excluding carboxylic acids is 5. The summed E-state index contributed by atoms with van der Waals surface area (Å²) in [5.41, 5.74) is 0. The molecule has 0 aromatic rings. The molecular formula is C16H20N2O6. The van der Waals surface area contributed by atoms with Gasteiger partial charge in [0, 0.05) is 32.0 Å². The quantitative estimate of drug-likeness (QED) is 0.689. The predicted molar refractivity (Wildman–Crippen MR) is 80.7 cm³/mol. The Morgan fingerprint density at radius 3 is 1.88 bits per heavy atom. The zero-order valence-corrected chi connectivity index (χ0v) is 13.5. The molecular weight excluding hydrogens is 316 g/mol. The summed E-state index contributed by atoms with van der Waals surface area (Å²) in [6.07, 6.45) is 7.58. The molecule has 8 heteroatoms. The lowest BCUT2D eigenvalue weighted by Crippen LogP contribution is -2.35. The number of hydroxylamine groups is 2. The van der Waals surface area contributed by atoms with Gasteiger partial charge < -0.3 is 4.84 Å². The van der Waals surface area contributed by atoms with Crippen LogP contribution in [0.1, 0.15) is 44.9 Å². The molecule has 0 radical (unpaired) electrons. The largest absolute Gasteiger partial charge is 0.336 e. The molecule has 1 saturated heterocycles. The highest BCUT2D eigenvalue weighted by molar-refractivity contribution is 6.12. The van der Waals surface area contributed by atoms with E-state index < -0.39 is 17.8 Å². The Balaban J connectivity index is 0.000000219. The number of nitrogens with zero attached hydrogens (tertiary/aromatic N) is 2. The van der Waals surface area contributed by atoms with Gasteiger partial charge in [0.15, 0.2) is 0 Å². The van der Waals surface area contributed by atoms with E-state index in [1.807, 2.05) is 0 Å². The number of hydrogen-bond donors (Lipinski definition) is 0. The van der Waals surface area contributed by atoms with E-state index in [0.717, 1.165) is 37.0 Å². The minimum absolute atomic E-state index is 0.144. The van der Waals surface area contributed by atoms with Crippen LogP contribution in [0.2, 0.25) is 0 Å². The molecule has 3 aliphatic rings. The van der Waals surface area contributed by atoms with Crippen molar-refractivity contribution in [2.24, 2.45) is 5.92 Å². The van der Waals surface area contributed by atoms with Crippen LogP contribution in [0.15, 0.2) is 12.2 Å². The lowest BCUT2D eigenvalue weighted by Gasteiger charge is -2.21. The maximum Gasteiger partial charge on any atom is 0.336 e. The monoisotopic (exact) mass is 336 g/mol. The number of rotatable bonds is 2. The third-order valence-electron chi connectivity index (χ3n) is 4.16. The summed E-state index contributed by atoms with van der Waals surface area (Å²) in [5.74, 6) is -1.87. The molecule has 2 heterocycles. The number of carbonyl (C=O) groups is 5. The molecule has 0 bridgehead atoms. The molecule has 0 atom stereocenters. The van der Waals surface area contributed by atoms with Crippen LogP contribution in [-0.4, -0.2) is 46.6 Å². The van der Waals surface area contributed by atoms with Crippen LogP contribution in [0.3, 0.4) is 0 Å². The Morgan fingerprint density at radius 2 is 1.46 bits per heavy atom. The lowest BCUT2D eigenvalue weighted by molar-refractivity contribution is -0.201. The van der Waals surface area contributed by atoms with Gasteiger partial charge >= 0.3 is 5.97 Å². The molecule has 1 saturated carbocycles. The molecule has 3 rings (SSSR count). The highest BCUT2D eigenvalue weighted by Gasteiger charge is 2.35. The maximum absolute atomic E-state index is 11.7. The third-order valence-corrected chi connectivity index (χ3v) is 4.16. The second kappa shape index (κ2) is 7.85. The van der Waals surface area contributed by atoms with Gasteiger partial charge in [0.05, 0.1) is 5.92 Å². The molecule has 2 fully saturated rings. The zero-order valence-electron chi connectivity index (χ0n) is 13.5. The third kappa shape index (κ3) is 4.27. The highest BCUT2D eigenvalue weighted by Crippen LogP contribution is 2.25. The predicted octanol–water partition coefficient (Wildman–Crippen LogP) is 0.715. The van der Waals surface area contributed by atoms with Crippen LogP contribution < -0.4 is 0 Å². The molecule has 4 amide bonds. The molecule has 24 heavy (non-hydrogen) atoms. The van der Waals surface area contributed by atoms with E-state index in [4.69, 9.17) is 4.84 Å². The second-order valence-corrected chi connectivity index (χ2v) is 5.90. The molecule has 0 spiro atoms. The van der Waals surface area contributed by atoms with Crippen molar-refractivity contribution in [2.75, 3.05) is 7.05 Å². The van der Waals surface area contributed by atoms with Gasteiger partial charge in [0.1, 0.15) is 0 Å². The fraction of sp³-hybridized carbons (Fsp3) is 0.562. The summed E-state index contributed by atoms with van der Waals surface area (Å²) < 4.78 is 0. The maximum atomic E-state index is 11.7. The van der Waals surface area contributed by atoms with Crippen LogP contribution in [0, 0.1) is 5.92 Å². The Kier molecular flexibility index (Phi) is 5.83. The fourth-order valence-corrected chi connectivity index (χ4v) is 2.64. The van der Waals surface area contributed by atoms with Gasteiger partial charge in [-0.25, -0.2) is 4.79 Å². The van der Waals surface area contributed by atoms with E-state index in [2.05, 4.69) is 0 Å². The zero-order chi connectivity index (χ0) is 17.7. The topological polar surface area (TPSA) is 101 Å². The molecule has 0 aromatic carbocycles. The van der Waals surface area contributed by atoms with E-state index in [0.29, 0.717) is 5.06 Å². The van der Waals surface area contributed by atoms with Gasteiger partial charge in [-0.15, -0.1) is 5.06 Å². The summed E-state index contributed by atoms with van der Waals surface area (Å²) in [4.78, 5) is 60.9. The minimum Gasteiger partial charge on any atom is -0.330 e. The van der Waals surface area contributed by atoms with Crippen molar-refractivity contribution in [3.05, 3.63) is 12.2 Å². The normalized spacial score (nSPS) is 21.2. The number of likely N-dealkylation sites (N-methyl/N-ethyl adjacent to an activating group) is 1. The molecule has 0 unspecified atom stereocenters. The average Bonchev–Trinajstić information content (AvgIpc) is 3.06. The molecule has 0 N–H and O–H groups in total. The number of amides is 4. The first-order valence-corrected chi connectivity index (χ1v) is 7.97. The van der Waals surface area contributed by atoms with Crippen molar-refractivity contribution < 1.29 is 28.8 Å². The molecule has 8 nitrogen and oxygen atoms in total. The summed E-state index contributed by atoms with van der Waals surface area (Å²) in [7, 11) is 1.45. The van der Waals surface area contributed by atoms with E-state index in [1.54, 1.807) is 0 Å². The summed E-state index contributed by atoms with van der Waals surface area (Å²) in [6.45, 7) is 0. The van der Waals surface area contributed by atoms with Crippen LogP contribution in [0.25, 0.3) is 0 Å². The summed E-state index contributed by atoms with van der Waals surface area (Å²) in [5, 5.41) is 0.636. The van der Waals surface area contributed by atoms with E-state index in [-0.39, 0.29) is 30.6 Å². The molecule has 130 valence electrons. The van der Waals surface area contributed by atoms with Crippen LogP contribution in [0.5, 0.6) is 0 Å². The fourth-order valence-electron chi connectivity index (χ4n) is 2.64. The lowest BCUT2D eigenvalue weighted by atomic mass is 9.89. The Hall–Kier alpha value is -2.51. The van der Waals surface area contributed by atoms with Gasteiger partial charge in [-0.05, 0) is 12.8 Å². The van der Waals surface area contributed by atoms with Gasteiger partial charge in [-0.1, -0.05) is 19.3 Å². The van der Waals surface area contributed by atoms with Crippen molar-refractivity contribution in [3.8, 4) is 0 Å². The first-order chi connectivity index (χ1) is 11.4. The van der Waals surface area contributed by atoms with Gasteiger partial charge in [-0.3, -0.25) is 24.1 Å². The van der Waals surface area contributed by atoms with E-state index >= 15 is 0 Å². The standard InChI is InChI=1S/C11H15NO4.C5H5NO2/c13-9-6-7-10(14)12(9)16-11(15)8-4-2-1-3-5-8;1-6-4(7)2-3-5(6)8/h8H,1-7H2;2-3H,1H3. The Labute approximate surface area is 139 Å². The first kappa shape index (κ1) is 17.8. The summed E-state index contributed by atoms with van der Waals surface area (Å²) in [6, 6.07) is 0. The average molecular weight is 336 g/mol. The minimum atomic E-state index is -0.427. The van der Waals surface area contributed by atoms with E-state index in [1.165, 1.54) is 19.2 Å². The van der Waals surface area contributed by atoms with Gasteiger partial charge in [0.2, 0.25) is 0 Å².